The number of nitrogens with one attached hydrogen (secondary N) is 2. The molecule has 4 rings (SSSR count). The van der Waals surface area contributed by atoms with Crippen molar-refractivity contribution in [1.82, 2.24) is 10.2 Å². The molecular weight excluding hydrogens is 378 g/mol. The molecule has 144 valence electrons. The van der Waals surface area contributed by atoms with Crippen LogP contribution in [0.25, 0.3) is 0 Å². The summed E-state index contributed by atoms with van der Waals surface area (Å²) in [5, 5.41) is 4.93. The number of carbonyl (C=O) groups excluding carboxylic acids is 3. The van der Waals surface area contributed by atoms with Gasteiger partial charge in [-0.1, -0.05) is 36.0 Å². The minimum atomic E-state index is -0.384. The SMILES string of the molecule is CN1C(=O)c2ccccc2N[C@@H]1COc1ccc(C[C@@H]2SC(=O)NC2=O)cc1. The van der Waals surface area contributed by atoms with Crippen molar-refractivity contribution in [2.75, 3.05) is 19.0 Å². The van der Waals surface area contributed by atoms with Gasteiger partial charge in [0.15, 0.2) is 0 Å². The van der Waals surface area contributed by atoms with Crippen LogP contribution in [0.1, 0.15) is 15.9 Å². The maximum Gasteiger partial charge on any atom is 0.286 e. The van der Waals surface area contributed by atoms with E-state index in [9.17, 15) is 14.4 Å². The number of para-hydroxylation sites is 1. The van der Waals surface area contributed by atoms with Gasteiger partial charge in [0.25, 0.3) is 11.1 Å². The molecule has 0 spiro atoms. The zero-order valence-corrected chi connectivity index (χ0v) is 16.0. The third-order valence-corrected chi connectivity index (χ3v) is 5.77. The van der Waals surface area contributed by atoms with Crippen molar-refractivity contribution < 1.29 is 19.1 Å². The molecule has 2 aromatic rings. The number of likely N-dealkylation sites (N-methyl/N-ethyl adjacent to an activating group) is 1. The van der Waals surface area contributed by atoms with Crippen LogP contribution in [-0.2, 0) is 11.2 Å². The van der Waals surface area contributed by atoms with E-state index in [1.807, 2.05) is 42.5 Å². The number of rotatable bonds is 5. The Bertz CT molecular complexity index is 931. The number of carbonyl (C=O) groups is 3. The van der Waals surface area contributed by atoms with Gasteiger partial charge < -0.3 is 15.0 Å². The lowest BCUT2D eigenvalue weighted by atomic mass is 10.1. The average molecular weight is 397 g/mol. The predicted molar refractivity (Wildman–Crippen MR) is 107 cm³/mol. The molecule has 1 fully saturated rings. The molecule has 0 aliphatic carbocycles. The van der Waals surface area contributed by atoms with Gasteiger partial charge in [-0.2, -0.15) is 0 Å². The van der Waals surface area contributed by atoms with Crippen molar-refractivity contribution in [3.8, 4) is 5.75 Å². The summed E-state index contributed by atoms with van der Waals surface area (Å²) in [6, 6.07) is 14.8. The van der Waals surface area contributed by atoms with Crippen LogP contribution in [-0.4, -0.2) is 47.0 Å². The molecule has 2 aromatic carbocycles. The third kappa shape index (κ3) is 3.68. The Labute approximate surface area is 166 Å². The van der Waals surface area contributed by atoms with Crippen molar-refractivity contribution in [2.24, 2.45) is 0 Å². The topological polar surface area (TPSA) is 87.7 Å². The van der Waals surface area contributed by atoms with Gasteiger partial charge in [0.2, 0.25) is 5.91 Å². The van der Waals surface area contributed by atoms with Crippen molar-refractivity contribution in [3.05, 3.63) is 59.7 Å². The fourth-order valence-electron chi connectivity index (χ4n) is 3.20. The first-order valence-corrected chi connectivity index (χ1v) is 9.75. The number of hydrogen-bond donors (Lipinski definition) is 2. The number of anilines is 1. The Balaban J connectivity index is 1.36. The Hall–Kier alpha value is -3.00. The van der Waals surface area contributed by atoms with Crippen LogP contribution >= 0.6 is 11.8 Å². The van der Waals surface area contributed by atoms with Crippen LogP contribution < -0.4 is 15.4 Å². The lowest BCUT2D eigenvalue weighted by molar-refractivity contribution is -0.118. The van der Waals surface area contributed by atoms with E-state index >= 15 is 0 Å². The number of benzene rings is 2. The molecule has 0 unspecified atom stereocenters. The second-order valence-corrected chi connectivity index (χ2v) is 7.84. The summed E-state index contributed by atoms with van der Waals surface area (Å²) in [5.41, 5.74) is 2.40. The number of imide groups is 1. The zero-order valence-electron chi connectivity index (χ0n) is 15.2. The second-order valence-electron chi connectivity index (χ2n) is 6.66. The lowest BCUT2D eigenvalue weighted by Gasteiger charge is -2.35. The van der Waals surface area contributed by atoms with E-state index in [-0.39, 0.29) is 28.5 Å². The predicted octanol–water partition coefficient (Wildman–Crippen LogP) is 2.48. The van der Waals surface area contributed by atoms with E-state index in [0.717, 1.165) is 23.0 Å². The van der Waals surface area contributed by atoms with Crippen molar-refractivity contribution in [2.45, 2.75) is 17.8 Å². The zero-order chi connectivity index (χ0) is 19.7. The highest BCUT2D eigenvalue weighted by Gasteiger charge is 2.31. The van der Waals surface area contributed by atoms with Gasteiger partial charge in [0.1, 0.15) is 18.5 Å². The van der Waals surface area contributed by atoms with Gasteiger partial charge in [-0.3, -0.25) is 19.7 Å². The summed E-state index contributed by atoms with van der Waals surface area (Å²) in [6.45, 7) is 0.297. The molecule has 0 aromatic heterocycles. The standard InChI is InChI=1S/C20H19N3O4S/c1-23-17(21-15-5-3-2-4-14(15)19(23)25)11-27-13-8-6-12(7-9-13)10-16-18(24)22-20(26)28-16/h2-9,16-17,21H,10-11H2,1H3,(H,22,24,26)/t16-,17-/m0/s1. The largest absolute Gasteiger partial charge is 0.489 e. The van der Waals surface area contributed by atoms with E-state index in [1.54, 1.807) is 18.0 Å². The van der Waals surface area contributed by atoms with Crippen molar-refractivity contribution in [3.63, 3.8) is 0 Å². The molecule has 0 radical (unpaired) electrons. The normalized spacial score (nSPS) is 21.2. The molecule has 7 nitrogen and oxygen atoms in total. The minimum absolute atomic E-state index is 0.0415. The Morgan fingerprint density at radius 1 is 1.07 bits per heavy atom. The van der Waals surface area contributed by atoms with E-state index < -0.39 is 0 Å². The Kier molecular flexibility index (Phi) is 4.95. The number of nitrogens with zero attached hydrogens (tertiary/aromatic N) is 1. The molecule has 2 N–H and O–H groups in total. The minimum Gasteiger partial charge on any atom is -0.489 e. The first-order chi connectivity index (χ1) is 13.5. The van der Waals surface area contributed by atoms with E-state index in [0.29, 0.717) is 24.3 Å². The molecule has 3 amide bonds. The molecule has 2 heterocycles. The molecule has 8 heteroatoms. The maximum absolute atomic E-state index is 12.5. The lowest BCUT2D eigenvalue weighted by Crippen LogP contribution is -2.49. The number of thioether (sulfide) groups is 1. The monoisotopic (exact) mass is 397 g/mol. The summed E-state index contributed by atoms with van der Waals surface area (Å²) in [5.74, 6) is 0.386. The molecule has 2 aliphatic rings. The van der Waals surface area contributed by atoms with Crippen LogP contribution in [0.2, 0.25) is 0 Å². The highest BCUT2D eigenvalue weighted by atomic mass is 32.2. The number of fused-ring (bicyclic) bond motifs is 1. The van der Waals surface area contributed by atoms with E-state index in [1.165, 1.54) is 0 Å². The molecule has 28 heavy (non-hydrogen) atoms. The quantitative estimate of drug-likeness (QED) is 0.806. The van der Waals surface area contributed by atoms with Gasteiger partial charge in [0, 0.05) is 12.7 Å². The summed E-state index contributed by atoms with van der Waals surface area (Å²) in [4.78, 5) is 37.0. The first-order valence-electron chi connectivity index (χ1n) is 8.87. The summed E-state index contributed by atoms with van der Waals surface area (Å²) in [7, 11) is 1.74. The molecular formula is C20H19N3O4S. The van der Waals surface area contributed by atoms with Crippen LogP contribution in [0.4, 0.5) is 10.5 Å². The van der Waals surface area contributed by atoms with Crippen LogP contribution in [0.5, 0.6) is 5.75 Å². The number of hydrogen-bond acceptors (Lipinski definition) is 6. The molecule has 1 saturated heterocycles. The van der Waals surface area contributed by atoms with Crippen molar-refractivity contribution in [1.29, 1.82) is 0 Å². The summed E-state index contributed by atoms with van der Waals surface area (Å²) < 4.78 is 5.85. The first kappa shape index (κ1) is 18.4. The highest BCUT2D eigenvalue weighted by Crippen LogP contribution is 2.26. The molecule has 0 bridgehead atoms. The van der Waals surface area contributed by atoms with E-state index in [4.69, 9.17) is 4.74 Å². The van der Waals surface area contributed by atoms with Crippen LogP contribution in [0.15, 0.2) is 48.5 Å². The highest BCUT2D eigenvalue weighted by molar-refractivity contribution is 8.15. The molecule has 2 aliphatic heterocycles. The van der Waals surface area contributed by atoms with Gasteiger partial charge in [-0.25, -0.2) is 0 Å². The molecule has 0 saturated carbocycles. The second kappa shape index (κ2) is 7.55. The van der Waals surface area contributed by atoms with Gasteiger partial charge in [-0.15, -0.1) is 0 Å². The smallest absolute Gasteiger partial charge is 0.286 e. The molecule has 2 atom stereocenters. The van der Waals surface area contributed by atoms with Gasteiger partial charge >= 0.3 is 0 Å². The van der Waals surface area contributed by atoms with Crippen LogP contribution in [0, 0.1) is 0 Å². The Morgan fingerprint density at radius 3 is 2.54 bits per heavy atom. The fourth-order valence-corrected chi connectivity index (χ4v) is 4.06. The van der Waals surface area contributed by atoms with Crippen molar-refractivity contribution >= 4 is 34.5 Å². The van der Waals surface area contributed by atoms with Gasteiger partial charge in [0.05, 0.1) is 10.8 Å². The van der Waals surface area contributed by atoms with Gasteiger partial charge in [-0.05, 0) is 36.2 Å². The van der Waals surface area contributed by atoms with Crippen LogP contribution in [0.3, 0.4) is 0 Å². The third-order valence-electron chi connectivity index (χ3n) is 4.79. The number of amides is 3. The fraction of sp³-hybridized carbons (Fsp3) is 0.250. The van der Waals surface area contributed by atoms with E-state index in [2.05, 4.69) is 10.6 Å². The summed E-state index contributed by atoms with van der Waals surface area (Å²) in [6.07, 6.45) is 0.215. The maximum atomic E-state index is 12.5. The Morgan fingerprint density at radius 2 is 1.82 bits per heavy atom. The summed E-state index contributed by atoms with van der Waals surface area (Å²) >= 11 is 1.02. The number of ether oxygens (including phenoxy) is 1. The average Bonchev–Trinajstić information content (AvgIpc) is 3.01.